The van der Waals surface area contributed by atoms with Crippen molar-refractivity contribution in [3.05, 3.63) is 29.3 Å². The van der Waals surface area contributed by atoms with Gasteiger partial charge in [-0.3, -0.25) is 9.79 Å². The molecule has 0 aliphatic heterocycles. The van der Waals surface area contributed by atoms with Crippen molar-refractivity contribution in [1.82, 2.24) is 5.32 Å². The van der Waals surface area contributed by atoms with Crippen LogP contribution in [0.2, 0.25) is 0 Å². The zero-order chi connectivity index (χ0) is 17.4. The van der Waals surface area contributed by atoms with Crippen LogP contribution in [-0.4, -0.2) is 70.7 Å². The Bertz CT molecular complexity index is 563. The first-order chi connectivity index (χ1) is 10.9. The molecule has 1 amide bonds. The average molecular weight is 326 g/mol. The average Bonchev–Trinajstić information content (AvgIpc) is 2.55. The maximum Gasteiger partial charge on any atom is 0.251 e. The predicted molar refractivity (Wildman–Crippen MR) is 80.8 cm³/mol. The van der Waals surface area contributed by atoms with E-state index in [1.807, 2.05) is 0 Å². The van der Waals surface area contributed by atoms with Crippen LogP contribution in [0.5, 0.6) is 0 Å². The number of aliphatic imine (C=N–C) groups is 1. The lowest BCUT2D eigenvalue weighted by Crippen LogP contribution is -2.34. The molecule has 128 valence electrons. The number of aliphatic hydroxyl groups is 4. The van der Waals surface area contributed by atoms with Gasteiger partial charge in [0.15, 0.2) is 0 Å². The molecule has 0 spiro atoms. The van der Waals surface area contributed by atoms with Crippen molar-refractivity contribution < 1.29 is 30.3 Å². The van der Waals surface area contributed by atoms with E-state index in [-0.39, 0.29) is 29.9 Å². The maximum absolute atomic E-state index is 11.9. The number of rotatable bonds is 8. The van der Waals surface area contributed by atoms with Gasteiger partial charge >= 0.3 is 0 Å². The van der Waals surface area contributed by atoms with E-state index in [2.05, 4.69) is 10.3 Å². The molecule has 9 heteroatoms. The van der Waals surface area contributed by atoms with E-state index in [0.29, 0.717) is 0 Å². The van der Waals surface area contributed by atoms with E-state index in [0.717, 1.165) is 0 Å². The molecule has 0 heterocycles. The van der Waals surface area contributed by atoms with Crippen LogP contribution in [-0.2, 0) is 0 Å². The number of nitrogens with one attached hydrogen (secondary N) is 1. The summed E-state index contributed by atoms with van der Waals surface area (Å²) in [5.41, 5.74) is 5.97. The standard InChI is InChI=1S/C14H21N3O6/c15-10-2-8(13(22)16-4-11(20)6-18)1-9(3-10)14(23)17-5-12(21)7-19/h1-3,11-12,18-21H,4-7,15H2,(H,16,22)(H,17,23)/p-1. The largest absolute Gasteiger partial charge is 0.858 e. The minimum atomic E-state index is -1.14. The van der Waals surface area contributed by atoms with Crippen molar-refractivity contribution in [3.63, 3.8) is 0 Å². The van der Waals surface area contributed by atoms with E-state index >= 15 is 0 Å². The van der Waals surface area contributed by atoms with Gasteiger partial charge in [-0.25, -0.2) is 0 Å². The summed E-state index contributed by atoms with van der Waals surface area (Å²) in [5.74, 6) is -1.26. The molecule has 7 N–H and O–H groups in total. The molecular weight excluding hydrogens is 306 g/mol. The van der Waals surface area contributed by atoms with Gasteiger partial charge < -0.3 is 36.6 Å². The fraction of sp³-hybridized carbons (Fsp3) is 0.429. The summed E-state index contributed by atoms with van der Waals surface area (Å²) in [4.78, 5) is 15.5. The first-order valence-corrected chi connectivity index (χ1v) is 6.85. The second-order valence-electron chi connectivity index (χ2n) is 4.87. The predicted octanol–water partition coefficient (Wildman–Crippen LogP) is -3.19. The summed E-state index contributed by atoms with van der Waals surface area (Å²) in [7, 11) is 0. The highest BCUT2D eigenvalue weighted by Gasteiger charge is 2.10. The van der Waals surface area contributed by atoms with Crippen LogP contribution in [0.4, 0.5) is 5.69 Å². The number of nitrogen functional groups attached to an aromatic ring is 1. The number of carbonyl (C=O) groups excluding carboxylic acids is 1. The van der Waals surface area contributed by atoms with Gasteiger partial charge in [0.05, 0.1) is 32.0 Å². The van der Waals surface area contributed by atoms with Crippen LogP contribution >= 0.6 is 0 Å². The third-order valence-electron chi connectivity index (χ3n) is 2.83. The molecule has 23 heavy (non-hydrogen) atoms. The van der Waals surface area contributed by atoms with Crippen LogP contribution in [0.25, 0.3) is 0 Å². The first-order valence-electron chi connectivity index (χ1n) is 6.85. The van der Waals surface area contributed by atoms with Crippen LogP contribution in [0.1, 0.15) is 15.9 Å². The Hall–Kier alpha value is -2.20. The number of hydrogen-bond acceptors (Lipinski definition) is 8. The van der Waals surface area contributed by atoms with Crippen molar-refractivity contribution in [2.45, 2.75) is 12.2 Å². The molecule has 0 aliphatic carbocycles. The van der Waals surface area contributed by atoms with E-state index in [1.54, 1.807) is 0 Å². The third kappa shape index (κ3) is 6.20. The van der Waals surface area contributed by atoms with Gasteiger partial charge in [-0.1, -0.05) is 0 Å². The van der Waals surface area contributed by atoms with Crippen molar-refractivity contribution in [3.8, 4) is 0 Å². The number of benzene rings is 1. The first kappa shape index (κ1) is 18.8. The molecule has 0 saturated heterocycles. The van der Waals surface area contributed by atoms with Crippen LogP contribution in [0, 0.1) is 0 Å². The smallest absolute Gasteiger partial charge is 0.251 e. The number of nitrogens with zero attached hydrogens (tertiary/aromatic N) is 1. The minimum Gasteiger partial charge on any atom is -0.858 e. The quantitative estimate of drug-likeness (QED) is 0.166. The lowest BCUT2D eigenvalue weighted by molar-refractivity contribution is -0.213. The Balaban J connectivity index is 2.88. The molecule has 0 fully saturated rings. The molecule has 0 saturated carbocycles. The fourth-order valence-electron chi connectivity index (χ4n) is 1.62. The van der Waals surface area contributed by atoms with Gasteiger partial charge in [0.1, 0.15) is 0 Å². The van der Waals surface area contributed by atoms with Crippen molar-refractivity contribution in [2.75, 3.05) is 32.0 Å². The van der Waals surface area contributed by atoms with Gasteiger partial charge in [-0.15, -0.1) is 0 Å². The van der Waals surface area contributed by atoms with Gasteiger partial charge in [0.2, 0.25) is 0 Å². The van der Waals surface area contributed by atoms with Gasteiger partial charge in [0.25, 0.3) is 5.91 Å². The zero-order valence-electron chi connectivity index (χ0n) is 12.3. The molecule has 1 aromatic rings. The van der Waals surface area contributed by atoms with Crippen molar-refractivity contribution >= 4 is 17.5 Å². The van der Waals surface area contributed by atoms with Crippen molar-refractivity contribution in [1.29, 1.82) is 0 Å². The van der Waals surface area contributed by atoms with Gasteiger partial charge in [-0.2, -0.15) is 0 Å². The van der Waals surface area contributed by atoms with Crippen LogP contribution < -0.4 is 16.2 Å². The summed E-state index contributed by atoms with van der Waals surface area (Å²) in [6.45, 7) is -1.43. The van der Waals surface area contributed by atoms with E-state index in [4.69, 9.17) is 21.1 Å². The van der Waals surface area contributed by atoms with Crippen LogP contribution in [0.15, 0.2) is 23.2 Å². The molecule has 1 aromatic carbocycles. The molecular formula is C14H20N3O6-. The van der Waals surface area contributed by atoms with E-state index in [1.165, 1.54) is 18.2 Å². The third-order valence-corrected chi connectivity index (χ3v) is 2.83. The number of nitrogens with two attached hydrogens (primary N) is 1. The Kier molecular flexibility index (Phi) is 7.42. The van der Waals surface area contributed by atoms with E-state index < -0.39 is 37.2 Å². The Morgan fingerprint density at radius 3 is 2.39 bits per heavy atom. The number of carbonyl (C=O) groups is 1. The fourth-order valence-corrected chi connectivity index (χ4v) is 1.62. The SMILES string of the molecule is Nc1cc(C(=O)NCC(O)CO)cc(C([O-])=NCC(O)CO)c1. The maximum atomic E-state index is 11.9. The summed E-state index contributed by atoms with van der Waals surface area (Å²) in [6, 6.07) is 3.95. The summed E-state index contributed by atoms with van der Waals surface area (Å²) in [5, 5.41) is 50.0. The summed E-state index contributed by atoms with van der Waals surface area (Å²) in [6.07, 6.45) is -2.22. The van der Waals surface area contributed by atoms with Gasteiger partial charge in [-0.05, 0) is 29.7 Å². The second-order valence-corrected chi connectivity index (χ2v) is 4.87. The Morgan fingerprint density at radius 2 is 1.78 bits per heavy atom. The summed E-state index contributed by atoms with van der Waals surface area (Å²) >= 11 is 0. The highest BCUT2D eigenvalue weighted by Crippen LogP contribution is 2.12. The molecule has 0 bridgehead atoms. The monoisotopic (exact) mass is 326 g/mol. The lowest BCUT2D eigenvalue weighted by Gasteiger charge is -2.15. The highest BCUT2D eigenvalue weighted by molar-refractivity contribution is 5.99. The normalized spacial score (nSPS) is 14.3. The lowest BCUT2D eigenvalue weighted by atomic mass is 10.1. The van der Waals surface area contributed by atoms with E-state index in [9.17, 15) is 15.0 Å². The molecule has 0 radical (unpaired) electrons. The number of aliphatic hydroxyl groups excluding tert-OH is 4. The second kappa shape index (κ2) is 9.06. The molecule has 0 aliphatic rings. The molecule has 9 nitrogen and oxygen atoms in total. The van der Waals surface area contributed by atoms with Crippen molar-refractivity contribution in [2.24, 2.45) is 4.99 Å². The highest BCUT2D eigenvalue weighted by atomic mass is 16.3. The number of anilines is 1. The van der Waals surface area contributed by atoms with Gasteiger partial charge in [0, 0.05) is 17.8 Å². The Morgan fingerprint density at radius 1 is 1.17 bits per heavy atom. The molecule has 0 aromatic heterocycles. The minimum absolute atomic E-state index is 0.0583. The molecule has 1 rings (SSSR count). The molecule has 2 atom stereocenters. The summed E-state index contributed by atoms with van der Waals surface area (Å²) < 4.78 is 0. The van der Waals surface area contributed by atoms with Crippen LogP contribution in [0.3, 0.4) is 0 Å². The zero-order valence-corrected chi connectivity index (χ0v) is 12.3. The molecule has 2 unspecified atom stereocenters. The number of amides is 1. The Labute approximate surface area is 132 Å². The topological polar surface area (TPSA) is 171 Å². The number of hydrogen-bond donors (Lipinski definition) is 6.